The van der Waals surface area contributed by atoms with Gasteiger partial charge in [0.25, 0.3) is 0 Å². The van der Waals surface area contributed by atoms with Crippen LogP contribution in [0, 0.1) is 0 Å². The Kier molecular flexibility index (Phi) is 5.58. The second-order valence-corrected chi connectivity index (χ2v) is 24.1. The molecule has 3 heteroatoms. The van der Waals surface area contributed by atoms with Gasteiger partial charge in [0.15, 0.2) is 0 Å². The van der Waals surface area contributed by atoms with Gasteiger partial charge in [0.05, 0.1) is 0 Å². The Balaban J connectivity index is 1.19. The lowest BCUT2D eigenvalue weighted by atomic mass is 9.90. The smallest absolute Gasteiger partial charge is 0.113 e. The van der Waals surface area contributed by atoms with E-state index < -0.39 is 16.1 Å². The topological polar surface area (TPSA) is 0 Å². The number of hydrogen-bond donors (Lipinski definition) is 0. The molecule has 0 spiro atoms. The van der Waals surface area contributed by atoms with Crippen molar-refractivity contribution in [3.05, 3.63) is 133 Å². The van der Waals surface area contributed by atoms with E-state index in [1.807, 2.05) is 11.3 Å². The molecule has 7 aromatic carbocycles. The van der Waals surface area contributed by atoms with E-state index in [1.54, 1.807) is 20.7 Å². The van der Waals surface area contributed by atoms with Crippen LogP contribution in [0.4, 0.5) is 0 Å². The van der Waals surface area contributed by atoms with Gasteiger partial charge in [0.1, 0.15) is 16.1 Å². The van der Waals surface area contributed by atoms with E-state index >= 15 is 0 Å². The van der Waals surface area contributed by atoms with Gasteiger partial charge >= 0.3 is 0 Å². The number of fused-ring (bicyclic) bond motifs is 13. The Morgan fingerprint density at radius 2 is 0.957 bits per heavy atom. The van der Waals surface area contributed by atoms with Crippen molar-refractivity contribution in [2.75, 3.05) is 0 Å². The standard InChI is InChI=1S/C44H34SSi2/c1-46(2)38-22-10-8-18-35(38)40-32-16-5-6-17-33(32)41-36-26-28(23-24-39(36)47(3,4)44(41)43(40)46)27-13-11-14-29(25-27)30-19-12-20-34-31-15-7-9-21-37(31)45-42(30)34/h5-26H,1-4H3. The highest BCUT2D eigenvalue weighted by molar-refractivity contribution is 7.26. The van der Waals surface area contributed by atoms with Crippen molar-refractivity contribution in [3.8, 4) is 44.5 Å². The van der Waals surface area contributed by atoms with Crippen molar-refractivity contribution < 1.29 is 0 Å². The first-order chi connectivity index (χ1) is 22.8. The van der Waals surface area contributed by atoms with Gasteiger partial charge in [-0.1, -0.05) is 141 Å². The maximum atomic E-state index is 2.60. The van der Waals surface area contributed by atoms with Crippen molar-refractivity contribution in [1.29, 1.82) is 0 Å². The van der Waals surface area contributed by atoms with Crippen LogP contribution in [0.1, 0.15) is 0 Å². The molecule has 0 saturated heterocycles. The third-order valence-corrected chi connectivity index (χ3v) is 19.7. The molecule has 8 aromatic rings. The number of rotatable bonds is 2. The van der Waals surface area contributed by atoms with E-state index in [4.69, 9.17) is 0 Å². The van der Waals surface area contributed by atoms with Crippen LogP contribution in [0.25, 0.3) is 75.5 Å². The van der Waals surface area contributed by atoms with Gasteiger partial charge in [-0.3, -0.25) is 0 Å². The number of hydrogen-bond acceptors (Lipinski definition) is 1. The van der Waals surface area contributed by atoms with Crippen molar-refractivity contribution in [1.82, 2.24) is 0 Å². The summed E-state index contributed by atoms with van der Waals surface area (Å²) in [5.41, 5.74) is 11.2. The van der Waals surface area contributed by atoms with Gasteiger partial charge in [-0.25, -0.2) is 0 Å². The number of thiophene rings is 1. The lowest BCUT2D eigenvalue weighted by Gasteiger charge is -2.29. The highest BCUT2D eigenvalue weighted by Crippen LogP contribution is 2.44. The second-order valence-electron chi connectivity index (χ2n) is 14.5. The molecule has 0 atom stereocenters. The first kappa shape index (κ1) is 27.6. The summed E-state index contributed by atoms with van der Waals surface area (Å²) in [6.07, 6.45) is 0. The van der Waals surface area contributed by atoms with E-state index in [0.717, 1.165) is 0 Å². The van der Waals surface area contributed by atoms with Crippen LogP contribution in [0.3, 0.4) is 0 Å². The van der Waals surface area contributed by atoms with Crippen LogP contribution < -0.4 is 20.7 Å². The molecule has 0 bridgehead atoms. The van der Waals surface area contributed by atoms with E-state index in [0.29, 0.717) is 0 Å². The van der Waals surface area contributed by atoms with E-state index in [1.165, 1.54) is 75.5 Å². The quantitative estimate of drug-likeness (QED) is 0.163. The van der Waals surface area contributed by atoms with E-state index in [-0.39, 0.29) is 0 Å². The lowest BCUT2D eigenvalue weighted by Crippen LogP contribution is -2.63. The van der Waals surface area contributed by atoms with Crippen molar-refractivity contribution in [2.45, 2.75) is 26.2 Å². The summed E-state index contributed by atoms with van der Waals surface area (Å²) >= 11 is 1.91. The molecule has 2 aliphatic heterocycles. The van der Waals surface area contributed by atoms with Crippen LogP contribution in [0.2, 0.25) is 26.2 Å². The van der Waals surface area contributed by atoms with Crippen LogP contribution in [-0.4, -0.2) is 16.1 Å². The van der Waals surface area contributed by atoms with Crippen LogP contribution in [0.15, 0.2) is 133 Å². The van der Waals surface area contributed by atoms with Crippen LogP contribution in [-0.2, 0) is 0 Å². The summed E-state index contributed by atoms with van der Waals surface area (Å²) < 4.78 is 2.72. The highest BCUT2D eigenvalue weighted by atomic mass is 32.1. The fraction of sp³-hybridized carbons (Fsp3) is 0.0909. The summed E-state index contributed by atoms with van der Waals surface area (Å²) in [5.74, 6) is 0. The molecule has 0 saturated carbocycles. The van der Waals surface area contributed by atoms with Gasteiger partial charge < -0.3 is 0 Å². The molecule has 0 fully saturated rings. The summed E-state index contributed by atoms with van der Waals surface area (Å²) in [4.78, 5) is 0. The Labute approximate surface area is 282 Å². The normalized spacial score (nSPS) is 15.1. The number of benzene rings is 7. The maximum absolute atomic E-state index is 2.60. The minimum absolute atomic E-state index is 1.28. The molecule has 2 aliphatic rings. The fourth-order valence-electron chi connectivity index (χ4n) is 9.08. The summed E-state index contributed by atoms with van der Waals surface area (Å²) in [5, 5.41) is 12.1. The molecule has 10 rings (SSSR count). The Bertz CT molecular complexity index is 2640. The molecule has 0 unspecified atom stereocenters. The molecule has 0 radical (unpaired) electrons. The molecular weight excluding hydrogens is 617 g/mol. The molecule has 0 amide bonds. The molecule has 0 N–H and O–H groups in total. The Hall–Kier alpha value is -4.55. The predicted molar refractivity (Wildman–Crippen MR) is 212 cm³/mol. The van der Waals surface area contributed by atoms with Gasteiger partial charge in [-0.05, 0) is 94.2 Å². The van der Waals surface area contributed by atoms with Gasteiger partial charge in [-0.15, -0.1) is 11.3 Å². The molecular formula is C44H34SSi2. The largest absolute Gasteiger partial charge is 0.135 e. The third kappa shape index (κ3) is 3.62. The SMILES string of the molecule is C[Si]1(C)c2ccccc2-c2c1c1c(c3ccccc23)-c2cc(-c3cccc(-c4cccc5c4sc4ccccc45)c3)ccc2[Si]1(C)C. The van der Waals surface area contributed by atoms with E-state index in [2.05, 4.69) is 160 Å². The zero-order valence-electron chi connectivity index (χ0n) is 27.1. The van der Waals surface area contributed by atoms with Crippen molar-refractivity contribution >= 4 is 79.2 Å². The first-order valence-electron chi connectivity index (χ1n) is 16.7. The zero-order chi connectivity index (χ0) is 31.7. The summed E-state index contributed by atoms with van der Waals surface area (Å²) in [7, 11) is -3.89. The summed E-state index contributed by atoms with van der Waals surface area (Å²) in [6.45, 7) is 10.4. The Morgan fingerprint density at radius 3 is 1.74 bits per heavy atom. The maximum Gasteiger partial charge on any atom is 0.113 e. The van der Waals surface area contributed by atoms with Crippen molar-refractivity contribution in [3.63, 3.8) is 0 Å². The van der Waals surface area contributed by atoms with Gasteiger partial charge in [0, 0.05) is 20.2 Å². The van der Waals surface area contributed by atoms with Crippen LogP contribution in [0.5, 0.6) is 0 Å². The lowest BCUT2D eigenvalue weighted by molar-refractivity contribution is 1.62. The summed E-state index contributed by atoms with van der Waals surface area (Å²) in [6, 6.07) is 50.8. The minimum Gasteiger partial charge on any atom is -0.135 e. The monoisotopic (exact) mass is 650 g/mol. The third-order valence-electron chi connectivity index (χ3n) is 11.2. The van der Waals surface area contributed by atoms with Crippen LogP contribution >= 0.6 is 11.3 Å². The second kappa shape index (κ2) is 9.51. The van der Waals surface area contributed by atoms with Gasteiger partial charge in [0.2, 0.25) is 0 Å². The molecule has 1 aromatic heterocycles. The Morgan fingerprint density at radius 1 is 0.404 bits per heavy atom. The average Bonchev–Trinajstić information content (AvgIpc) is 3.68. The zero-order valence-corrected chi connectivity index (χ0v) is 29.9. The molecule has 0 nitrogen and oxygen atoms in total. The predicted octanol–water partition coefficient (Wildman–Crippen LogP) is 10.1. The fourth-order valence-corrected chi connectivity index (χ4v) is 18.8. The highest BCUT2D eigenvalue weighted by Gasteiger charge is 2.48. The van der Waals surface area contributed by atoms with E-state index in [9.17, 15) is 0 Å². The van der Waals surface area contributed by atoms with Crippen molar-refractivity contribution in [2.24, 2.45) is 0 Å². The molecule has 0 aliphatic carbocycles. The average molecular weight is 651 g/mol. The first-order valence-corrected chi connectivity index (χ1v) is 23.5. The molecule has 3 heterocycles. The van der Waals surface area contributed by atoms with Gasteiger partial charge in [-0.2, -0.15) is 0 Å². The molecule has 224 valence electrons. The minimum atomic E-state index is -1.98. The molecule has 47 heavy (non-hydrogen) atoms.